The molecular weight excluding hydrogens is 443 g/mol. The molecular formula is C24H27FN4O3S. The van der Waals surface area contributed by atoms with Gasteiger partial charge in [-0.1, -0.05) is 30.0 Å². The van der Waals surface area contributed by atoms with Crippen LogP contribution in [0.1, 0.15) is 36.2 Å². The lowest BCUT2D eigenvalue weighted by molar-refractivity contribution is -0.121. The monoisotopic (exact) mass is 470 g/mol. The Bertz CT molecular complexity index is 1070. The number of nitrogens with one attached hydrogen (secondary N) is 1. The Morgan fingerprint density at radius 1 is 1.12 bits per heavy atom. The lowest BCUT2D eigenvalue weighted by atomic mass is 10.1. The number of carbonyl (C=O) groups is 3. The molecule has 0 saturated heterocycles. The molecule has 174 valence electrons. The summed E-state index contributed by atoms with van der Waals surface area (Å²) < 4.78 is 13.4. The van der Waals surface area contributed by atoms with Crippen LogP contribution in [0.3, 0.4) is 0 Å². The number of carbonyl (C=O) groups excluding carboxylic acids is 3. The molecule has 0 fully saturated rings. The zero-order chi connectivity index (χ0) is 24.0. The van der Waals surface area contributed by atoms with E-state index in [9.17, 15) is 18.8 Å². The minimum absolute atomic E-state index is 0.00455. The molecule has 1 heterocycles. The topological polar surface area (TPSA) is 82.1 Å². The first-order chi connectivity index (χ1) is 15.8. The first-order valence-corrected chi connectivity index (χ1v) is 11.6. The molecule has 0 spiro atoms. The highest BCUT2D eigenvalue weighted by atomic mass is 32.2. The summed E-state index contributed by atoms with van der Waals surface area (Å²) >= 11 is 1.31. The van der Waals surface area contributed by atoms with Gasteiger partial charge in [-0.25, -0.2) is 4.39 Å². The minimum Gasteiger partial charge on any atom is -0.352 e. The average molecular weight is 471 g/mol. The molecule has 33 heavy (non-hydrogen) atoms. The summed E-state index contributed by atoms with van der Waals surface area (Å²) in [7, 11) is 1.63. The number of hydrogen-bond donors (Lipinski definition) is 1. The summed E-state index contributed by atoms with van der Waals surface area (Å²) in [6.45, 7) is 5.71. The number of amidine groups is 1. The van der Waals surface area contributed by atoms with Gasteiger partial charge in [0.05, 0.1) is 0 Å². The van der Waals surface area contributed by atoms with E-state index >= 15 is 0 Å². The third-order valence-electron chi connectivity index (χ3n) is 5.18. The summed E-state index contributed by atoms with van der Waals surface area (Å²) in [5.41, 5.74) is 1.54. The van der Waals surface area contributed by atoms with Gasteiger partial charge in [0.15, 0.2) is 5.17 Å². The van der Waals surface area contributed by atoms with Crippen molar-refractivity contribution < 1.29 is 18.8 Å². The molecule has 2 aromatic carbocycles. The Morgan fingerprint density at radius 3 is 2.55 bits per heavy atom. The van der Waals surface area contributed by atoms with E-state index in [-0.39, 0.29) is 36.5 Å². The summed E-state index contributed by atoms with van der Waals surface area (Å²) in [6, 6.07) is 12.7. The summed E-state index contributed by atoms with van der Waals surface area (Å²) in [4.78, 5) is 45.1. The second kappa shape index (κ2) is 11.1. The standard InChI is InChI=1S/C24H27FN4O3S/c1-4-29(5-2)24-27-22(31)20(33-24)14-21(30)26-19-11-7-9-17(13-19)23(32)28(3)15-16-8-6-10-18(25)12-16/h6-13,20H,4-5,14-15H2,1-3H3,(H,26,30)/t20-/m0/s1. The first-order valence-electron chi connectivity index (χ1n) is 10.7. The van der Waals surface area contributed by atoms with Gasteiger partial charge in [0.25, 0.3) is 11.8 Å². The fraction of sp³-hybridized carbons (Fsp3) is 0.333. The van der Waals surface area contributed by atoms with Crippen LogP contribution < -0.4 is 5.32 Å². The molecule has 3 rings (SSSR count). The van der Waals surface area contributed by atoms with Crippen molar-refractivity contribution in [1.82, 2.24) is 9.80 Å². The van der Waals surface area contributed by atoms with Crippen LogP contribution in [0.5, 0.6) is 0 Å². The molecule has 3 amide bonds. The molecule has 7 nitrogen and oxygen atoms in total. The lowest BCUT2D eigenvalue weighted by Gasteiger charge is -2.19. The molecule has 0 saturated carbocycles. The van der Waals surface area contributed by atoms with E-state index < -0.39 is 5.25 Å². The van der Waals surface area contributed by atoms with Crippen LogP contribution in [0.2, 0.25) is 0 Å². The van der Waals surface area contributed by atoms with Crippen molar-refractivity contribution in [3.05, 3.63) is 65.5 Å². The molecule has 0 bridgehead atoms. The lowest BCUT2D eigenvalue weighted by Crippen LogP contribution is -2.28. The van der Waals surface area contributed by atoms with Crippen molar-refractivity contribution in [1.29, 1.82) is 0 Å². The highest BCUT2D eigenvalue weighted by Crippen LogP contribution is 2.27. The highest BCUT2D eigenvalue weighted by Gasteiger charge is 2.32. The van der Waals surface area contributed by atoms with Gasteiger partial charge in [0.1, 0.15) is 11.1 Å². The Hall–Kier alpha value is -3.20. The number of nitrogens with zero attached hydrogens (tertiary/aromatic N) is 3. The molecule has 1 N–H and O–H groups in total. The quantitative estimate of drug-likeness (QED) is 0.635. The maximum Gasteiger partial charge on any atom is 0.262 e. The molecule has 1 aliphatic heterocycles. The van der Waals surface area contributed by atoms with E-state index in [1.54, 1.807) is 43.4 Å². The third kappa shape index (κ3) is 6.41. The number of benzene rings is 2. The fourth-order valence-corrected chi connectivity index (χ4v) is 4.64. The number of hydrogen-bond acceptors (Lipinski definition) is 5. The van der Waals surface area contributed by atoms with Crippen LogP contribution in [0.4, 0.5) is 10.1 Å². The number of amides is 3. The summed E-state index contributed by atoms with van der Waals surface area (Å²) in [5.74, 6) is -1.24. The van der Waals surface area contributed by atoms with Crippen molar-refractivity contribution in [2.75, 3.05) is 25.5 Å². The number of halogens is 1. The van der Waals surface area contributed by atoms with Gasteiger partial charge in [0.2, 0.25) is 5.91 Å². The maximum absolute atomic E-state index is 13.4. The maximum atomic E-state index is 13.4. The largest absolute Gasteiger partial charge is 0.352 e. The minimum atomic E-state index is -0.553. The Labute approximate surface area is 197 Å². The molecule has 0 aromatic heterocycles. The van der Waals surface area contributed by atoms with Crippen LogP contribution in [-0.2, 0) is 16.1 Å². The number of thioether (sulfide) groups is 1. The van der Waals surface area contributed by atoms with Gasteiger partial charge in [-0.15, -0.1) is 0 Å². The van der Waals surface area contributed by atoms with E-state index in [2.05, 4.69) is 10.3 Å². The molecule has 2 aromatic rings. The smallest absolute Gasteiger partial charge is 0.262 e. The Kier molecular flexibility index (Phi) is 8.21. The molecule has 0 unspecified atom stereocenters. The molecule has 1 atom stereocenters. The summed E-state index contributed by atoms with van der Waals surface area (Å²) in [5, 5.41) is 2.86. The van der Waals surface area contributed by atoms with Gasteiger partial charge in [-0.3, -0.25) is 14.4 Å². The van der Waals surface area contributed by atoms with Crippen molar-refractivity contribution in [3.8, 4) is 0 Å². The first kappa shape index (κ1) is 24.4. The molecule has 0 radical (unpaired) electrons. The zero-order valence-corrected chi connectivity index (χ0v) is 19.7. The van der Waals surface area contributed by atoms with Crippen LogP contribution in [-0.4, -0.2) is 58.1 Å². The van der Waals surface area contributed by atoms with Crippen molar-refractivity contribution >= 4 is 40.3 Å². The number of anilines is 1. The number of aliphatic imine (C=N–C) groups is 1. The zero-order valence-electron chi connectivity index (χ0n) is 18.9. The second-order valence-corrected chi connectivity index (χ2v) is 8.81. The van der Waals surface area contributed by atoms with Crippen molar-refractivity contribution in [2.45, 2.75) is 32.1 Å². The van der Waals surface area contributed by atoms with Crippen LogP contribution in [0, 0.1) is 5.82 Å². The molecule has 9 heteroatoms. The van der Waals surface area contributed by atoms with Gasteiger partial charge >= 0.3 is 0 Å². The molecule has 1 aliphatic rings. The van der Waals surface area contributed by atoms with E-state index in [4.69, 9.17) is 0 Å². The van der Waals surface area contributed by atoms with E-state index in [0.717, 1.165) is 13.1 Å². The number of rotatable bonds is 8. The van der Waals surface area contributed by atoms with Crippen LogP contribution in [0.25, 0.3) is 0 Å². The van der Waals surface area contributed by atoms with E-state index in [1.807, 2.05) is 18.7 Å². The summed E-state index contributed by atoms with van der Waals surface area (Å²) in [6.07, 6.45) is -0.00455. The van der Waals surface area contributed by atoms with E-state index in [0.29, 0.717) is 22.0 Å². The normalized spacial score (nSPS) is 15.2. The van der Waals surface area contributed by atoms with Gasteiger partial charge in [-0.2, -0.15) is 4.99 Å². The average Bonchev–Trinajstić information content (AvgIpc) is 3.13. The second-order valence-electron chi connectivity index (χ2n) is 7.64. The van der Waals surface area contributed by atoms with Crippen molar-refractivity contribution in [2.24, 2.45) is 4.99 Å². The van der Waals surface area contributed by atoms with Gasteiger partial charge in [0, 0.05) is 44.4 Å². The SMILES string of the molecule is CCN(CC)C1=NC(=O)[C@H](CC(=O)Nc2cccc(C(=O)N(C)Cc3cccc(F)c3)c2)S1. The Morgan fingerprint density at radius 2 is 1.85 bits per heavy atom. The fourth-order valence-electron chi connectivity index (χ4n) is 3.45. The van der Waals surface area contributed by atoms with Gasteiger partial charge in [-0.05, 0) is 49.7 Å². The van der Waals surface area contributed by atoms with Gasteiger partial charge < -0.3 is 15.1 Å². The van der Waals surface area contributed by atoms with Crippen LogP contribution in [0.15, 0.2) is 53.5 Å². The predicted octanol–water partition coefficient (Wildman–Crippen LogP) is 3.77. The van der Waals surface area contributed by atoms with Crippen LogP contribution >= 0.6 is 11.8 Å². The third-order valence-corrected chi connectivity index (χ3v) is 6.40. The Balaban J connectivity index is 1.59. The molecule has 0 aliphatic carbocycles. The highest BCUT2D eigenvalue weighted by molar-refractivity contribution is 8.15. The predicted molar refractivity (Wildman–Crippen MR) is 129 cm³/mol. The van der Waals surface area contributed by atoms with Crippen molar-refractivity contribution in [3.63, 3.8) is 0 Å². The van der Waals surface area contributed by atoms with E-state index in [1.165, 1.54) is 28.8 Å².